The summed E-state index contributed by atoms with van der Waals surface area (Å²) in [5, 5.41) is 0. The number of ether oxygens (including phenoxy) is 1. The molecule has 0 bridgehead atoms. The van der Waals surface area contributed by atoms with Gasteiger partial charge in [0, 0.05) is 6.20 Å². The van der Waals surface area contributed by atoms with Crippen molar-refractivity contribution in [2.24, 2.45) is 0 Å². The van der Waals surface area contributed by atoms with Crippen LogP contribution < -0.4 is 0 Å². The molecule has 0 aliphatic rings. The van der Waals surface area contributed by atoms with Crippen LogP contribution in [0, 0.1) is 6.92 Å². The number of aromatic nitrogens is 2. The smallest absolute Gasteiger partial charge is 0.357 e. The fourth-order valence-electron chi connectivity index (χ4n) is 1.97. The van der Waals surface area contributed by atoms with E-state index in [1.54, 1.807) is 6.92 Å². The highest BCUT2D eigenvalue weighted by atomic mass is 16.5. The van der Waals surface area contributed by atoms with Crippen LogP contribution in [-0.4, -0.2) is 22.0 Å². The van der Waals surface area contributed by atoms with E-state index < -0.39 is 0 Å². The Morgan fingerprint density at radius 1 is 1.44 bits per heavy atom. The van der Waals surface area contributed by atoms with Gasteiger partial charge in [-0.15, -0.1) is 0 Å². The minimum absolute atomic E-state index is 0.185. The lowest BCUT2D eigenvalue weighted by molar-refractivity contribution is 0.0516. The number of rotatable bonds is 3. The molecule has 0 spiro atoms. The lowest BCUT2D eigenvalue weighted by Crippen LogP contribution is -2.11. The lowest BCUT2D eigenvalue weighted by Gasteiger charge is -2.06. The number of hydrogen-bond acceptors (Lipinski definition) is 3. The molecule has 2 aromatic rings. The summed E-state index contributed by atoms with van der Waals surface area (Å²) in [5.41, 5.74) is 3.21. The average molecular weight is 246 g/mol. The zero-order valence-electron chi connectivity index (χ0n) is 11.2. The maximum atomic E-state index is 12.1. The summed E-state index contributed by atoms with van der Waals surface area (Å²) in [6, 6.07) is 3.91. The van der Waals surface area contributed by atoms with Crippen LogP contribution in [0.15, 0.2) is 18.3 Å². The minimum atomic E-state index is -0.306. The Balaban J connectivity index is 2.68. The number of aryl methyl sites for hydroxylation is 1. The van der Waals surface area contributed by atoms with Gasteiger partial charge in [0.2, 0.25) is 0 Å². The molecule has 0 aliphatic carbocycles. The van der Waals surface area contributed by atoms with E-state index in [1.807, 2.05) is 43.5 Å². The molecular formula is C14H18N2O2. The van der Waals surface area contributed by atoms with Gasteiger partial charge >= 0.3 is 5.97 Å². The highest BCUT2D eigenvalue weighted by Gasteiger charge is 2.22. The number of carbonyl (C=O) groups is 1. The summed E-state index contributed by atoms with van der Waals surface area (Å²) in [7, 11) is 0. The molecule has 0 radical (unpaired) electrons. The molecule has 0 aliphatic heterocycles. The van der Waals surface area contributed by atoms with Gasteiger partial charge in [0.05, 0.1) is 12.3 Å². The second-order valence-electron chi connectivity index (χ2n) is 4.66. The van der Waals surface area contributed by atoms with E-state index in [-0.39, 0.29) is 11.9 Å². The molecule has 4 heteroatoms. The quantitative estimate of drug-likeness (QED) is 0.782. The van der Waals surface area contributed by atoms with Crippen molar-refractivity contribution in [1.29, 1.82) is 0 Å². The summed E-state index contributed by atoms with van der Waals surface area (Å²) in [6.07, 6.45) is 1.92. The largest absolute Gasteiger partial charge is 0.461 e. The van der Waals surface area contributed by atoms with E-state index in [0.29, 0.717) is 12.3 Å². The summed E-state index contributed by atoms with van der Waals surface area (Å²) < 4.78 is 6.95. The Bertz CT molecular complexity index is 585. The third-order valence-corrected chi connectivity index (χ3v) is 2.81. The molecule has 2 heterocycles. The zero-order valence-corrected chi connectivity index (χ0v) is 11.2. The van der Waals surface area contributed by atoms with Crippen LogP contribution >= 0.6 is 0 Å². The molecule has 2 rings (SSSR count). The van der Waals surface area contributed by atoms with Gasteiger partial charge in [0.25, 0.3) is 0 Å². The van der Waals surface area contributed by atoms with Gasteiger partial charge in [-0.1, -0.05) is 19.9 Å². The molecule has 0 saturated heterocycles. The van der Waals surface area contributed by atoms with Crippen molar-refractivity contribution >= 4 is 11.6 Å². The van der Waals surface area contributed by atoms with E-state index in [9.17, 15) is 4.79 Å². The summed E-state index contributed by atoms with van der Waals surface area (Å²) in [5.74, 6) is -0.121. The van der Waals surface area contributed by atoms with Crippen molar-refractivity contribution in [3.8, 4) is 0 Å². The summed E-state index contributed by atoms with van der Waals surface area (Å²) in [4.78, 5) is 16.6. The second kappa shape index (κ2) is 4.80. The van der Waals surface area contributed by atoms with Gasteiger partial charge in [-0.2, -0.15) is 0 Å². The van der Waals surface area contributed by atoms with Gasteiger partial charge < -0.3 is 4.74 Å². The molecule has 0 atom stereocenters. The monoisotopic (exact) mass is 246 g/mol. The number of carbonyl (C=O) groups excluding carboxylic acids is 1. The van der Waals surface area contributed by atoms with Crippen LogP contribution in [0.3, 0.4) is 0 Å². The topological polar surface area (TPSA) is 43.6 Å². The van der Waals surface area contributed by atoms with Crippen molar-refractivity contribution in [3.05, 3.63) is 35.3 Å². The molecule has 0 unspecified atom stereocenters. The molecule has 2 aromatic heterocycles. The highest BCUT2D eigenvalue weighted by molar-refractivity contribution is 5.90. The molecule has 0 aromatic carbocycles. The first-order valence-electron chi connectivity index (χ1n) is 6.20. The van der Waals surface area contributed by atoms with Gasteiger partial charge in [-0.05, 0) is 31.4 Å². The molecular weight excluding hydrogens is 228 g/mol. The Morgan fingerprint density at radius 3 is 2.78 bits per heavy atom. The van der Waals surface area contributed by atoms with E-state index in [1.165, 1.54) is 0 Å². The average Bonchev–Trinajstić information content (AvgIpc) is 2.67. The van der Waals surface area contributed by atoms with E-state index in [2.05, 4.69) is 4.98 Å². The van der Waals surface area contributed by atoms with Crippen molar-refractivity contribution < 1.29 is 9.53 Å². The Labute approximate surface area is 107 Å². The highest BCUT2D eigenvalue weighted by Crippen LogP contribution is 2.22. The van der Waals surface area contributed by atoms with E-state index >= 15 is 0 Å². The summed E-state index contributed by atoms with van der Waals surface area (Å²) in [6.45, 7) is 8.22. The van der Waals surface area contributed by atoms with Crippen LogP contribution in [0.25, 0.3) is 5.65 Å². The number of imidazole rings is 1. The standard InChI is InChI=1S/C14H18N2O2/c1-5-18-14(17)13-12(9(2)3)15-11-7-6-10(4)8-16(11)13/h6-9H,5H2,1-4H3. The predicted octanol–water partition coefficient (Wildman–Crippen LogP) is 2.94. The third kappa shape index (κ3) is 2.10. The predicted molar refractivity (Wildman–Crippen MR) is 70.0 cm³/mol. The normalized spacial score (nSPS) is 11.2. The van der Waals surface area contributed by atoms with Crippen molar-refractivity contribution in [2.45, 2.75) is 33.6 Å². The van der Waals surface area contributed by atoms with Crippen LogP contribution in [-0.2, 0) is 4.74 Å². The van der Waals surface area contributed by atoms with Gasteiger partial charge in [0.1, 0.15) is 5.65 Å². The van der Waals surface area contributed by atoms with Gasteiger partial charge in [-0.25, -0.2) is 9.78 Å². The van der Waals surface area contributed by atoms with Crippen molar-refractivity contribution in [1.82, 2.24) is 9.38 Å². The van der Waals surface area contributed by atoms with Gasteiger partial charge in [0.15, 0.2) is 5.69 Å². The first-order chi connectivity index (χ1) is 8.54. The molecule has 0 amide bonds. The van der Waals surface area contributed by atoms with Crippen LogP contribution in [0.5, 0.6) is 0 Å². The van der Waals surface area contributed by atoms with E-state index in [0.717, 1.165) is 16.9 Å². The SMILES string of the molecule is CCOC(=O)c1c(C(C)C)nc2ccc(C)cn12. The van der Waals surface area contributed by atoms with Crippen LogP contribution in [0.1, 0.15) is 48.4 Å². The maximum absolute atomic E-state index is 12.1. The number of pyridine rings is 1. The van der Waals surface area contributed by atoms with Crippen LogP contribution in [0.4, 0.5) is 0 Å². The molecule has 96 valence electrons. The molecule has 0 saturated carbocycles. The molecule has 18 heavy (non-hydrogen) atoms. The lowest BCUT2D eigenvalue weighted by atomic mass is 10.1. The zero-order chi connectivity index (χ0) is 13.3. The first kappa shape index (κ1) is 12.6. The van der Waals surface area contributed by atoms with Crippen molar-refractivity contribution in [2.75, 3.05) is 6.61 Å². The number of nitrogens with zero attached hydrogens (tertiary/aromatic N) is 2. The second-order valence-corrected chi connectivity index (χ2v) is 4.66. The Morgan fingerprint density at radius 2 is 2.17 bits per heavy atom. The third-order valence-electron chi connectivity index (χ3n) is 2.81. The number of hydrogen-bond donors (Lipinski definition) is 0. The van der Waals surface area contributed by atoms with Crippen LogP contribution in [0.2, 0.25) is 0 Å². The van der Waals surface area contributed by atoms with Gasteiger partial charge in [-0.3, -0.25) is 4.40 Å². The maximum Gasteiger partial charge on any atom is 0.357 e. The fraction of sp³-hybridized carbons (Fsp3) is 0.429. The molecule has 0 N–H and O–H groups in total. The molecule has 0 fully saturated rings. The number of fused-ring (bicyclic) bond motifs is 1. The first-order valence-corrected chi connectivity index (χ1v) is 6.20. The fourth-order valence-corrected chi connectivity index (χ4v) is 1.97. The Kier molecular flexibility index (Phi) is 3.36. The Hall–Kier alpha value is -1.84. The summed E-state index contributed by atoms with van der Waals surface area (Å²) >= 11 is 0. The number of esters is 1. The minimum Gasteiger partial charge on any atom is -0.461 e. The van der Waals surface area contributed by atoms with Crippen molar-refractivity contribution in [3.63, 3.8) is 0 Å². The van der Waals surface area contributed by atoms with E-state index in [4.69, 9.17) is 4.74 Å². The molecule has 4 nitrogen and oxygen atoms in total.